The van der Waals surface area contributed by atoms with Crippen molar-refractivity contribution in [1.29, 1.82) is 0 Å². The third-order valence-electron chi connectivity index (χ3n) is 5.20. The number of nitrogens with zero attached hydrogens (tertiary/aromatic N) is 2. The van der Waals surface area contributed by atoms with Crippen LogP contribution in [-0.4, -0.2) is 49.7 Å². The largest absolute Gasteiger partial charge is 0.494 e. The number of ketones is 1. The summed E-state index contributed by atoms with van der Waals surface area (Å²) in [5, 5.41) is 3.72. The molecule has 0 unspecified atom stereocenters. The highest BCUT2D eigenvalue weighted by atomic mass is 32.2. The predicted octanol–water partition coefficient (Wildman–Crippen LogP) is 4.16. The zero-order valence-electron chi connectivity index (χ0n) is 17.3. The number of rotatable bonds is 8. The lowest BCUT2D eigenvalue weighted by Crippen LogP contribution is -2.35. The fourth-order valence-electron chi connectivity index (χ4n) is 3.56. The van der Waals surface area contributed by atoms with Gasteiger partial charge >= 0.3 is 0 Å². The second kappa shape index (κ2) is 9.33. The third-order valence-corrected chi connectivity index (χ3v) is 8.09. The maximum Gasteiger partial charge on any atom is 0.243 e. The van der Waals surface area contributed by atoms with Gasteiger partial charge in [-0.05, 0) is 62.2 Å². The predicted molar refractivity (Wildman–Crippen MR) is 123 cm³/mol. The van der Waals surface area contributed by atoms with Gasteiger partial charge in [-0.25, -0.2) is 13.4 Å². The number of benzene rings is 2. The Morgan fingerprint density at radius 3 is 2.58 bits per heavy atom. The number of Topliss-reactive ketones (excluding diaryl/α,β-unsaturated/α-hetero) is 1. The van der Waals surface area contributed by atoms with Crippen molar-refractivity contribution in [2.24, 2.45) is 0 Å². The smallest absolute Gasteiger partial charge is 0.243 e. The molecule has 0 aliphatic carbocycles. The zero-order valence-corrected chi connectivity index (χ0v) is 19.0. The van der Waals surface area contributed by atoms with Crippen molar-refractivity contribution in [1.82, 2.24) is 9.29 Å². The molecule has 0 spiro atoms. The van der Waals surface area contributed by atoms with Crippen LogP contribution in [0.2, 0.25) is 0 Å². The lowest BCUT2D eigenvalue weighted by molar-refractivity contribution is 0.101. The van der Waals surface area contributed by atoms with Crippen molar-refractivity contribution in [3.05, 3.63) is 48.0 Å². The summed E-state index contributed by atoms with van der Waals surface area (Å²) in [5.74, 6) is 0.664. The van der Waals surface area contributed by atoms with Crippen LogP contribution in [0.5, 0.6) is 5.75 Å². The molecule has 1 saturated heterocycles. The summed E-state index contributed by atoms with van der Waals surface area (Å²) >= 11 is 1.46. The van der Waals surface area contributed by atoms with Gasteiger partial charge in [-0.3, -0.25) is 4.79 Å². The minimum atomic E-state index is -3.49. The van der Waals surface area contributed by atoms with Gasteiger partial charge in [0, 0.05) is 18.7 Å². The molecule has 1 aliphatic heterocycles. The summed E-state index contributed by atoms with van der Waals surface area (Å²) in [6, 6.07) is 11.9. The molecular formula is C22H25N3O4S2. The number of ether oxygens (including phenoxy) is 1. The highest BCUT2D eigenvalue weighted by Crippen LogP contribution is 2.29. The number of hydrogen-bond donors (Lipinski definition) is 1. The van der Waals surface area contributed by atoms with E-state index in [1.807, 2.05) is 25.1 Å². The van der Waals surface area contributed by atoms with E-state index in [9.17, 15) is 13.2 Å². The van der Waals surface area contributed by atoms with E-state index < -0.39 is 10.0 Å². The van der Waals surface area contributed by atoms with Gasteiger partial charge in [0.2, 0.25) is 10.0 Å². The van der Waals surface area contributed by atoms with Gasteiger partial charge in [0.15, 0.2) is 10.9 Å². The van der Waals surface area contributed by atoms with Crippen LogP contribution in [0.1, 0.15) is 36.5 Å². The van der Waals surface area contributed by atoms with Crippen molar-refractivity contribution in [3.8, 4) is 5.75 Å². The van der Waals surface area contributed by atoms with Crippen LogP contribution in [0, 0.1) is 0 Å². The number of aromatic nitrogens is 1. The first-order valence-corrected chi connectivity index (χ1v) is 12.6. The van der Waals surface area contributed by atoms with Crippen LogP contribution < -0.4 is 10.1 Å². The lowest BCUT2D eigenvalue weighted by Gasteiger charge is -2.25. The Kier molecular flexibility index (Phi) is 6.54. The van der Waals surface area contributed by atoms with Gasteiger partial charge < -0.3 is 10.1 Å². The van der Waals surface area contributed by atoms with Crippen molar-refractivity contribution >= 4 is 42.5 Å². The van der Waals surface area contributed by atoms with Crippen molar-refractivity contribution in [2.45, 2.75) is 31.1 Å². The van der Waals surface area contributed by atoms with Crippen LogP contribution in [0.15, 0.2) is 47.4 Å². The molecule has 7 nitrogen and oxygen atoms in total. The van der Waals surface area contributed by atoms with E-state index in [4.69, 9.17) is 4.74 Å². The highest BCUT2D eigenvalue weighted by Gasteiger charge is 2.25. The van der Waals surface area contributed by atoms with Gasteiger partial charge in [0.25, 0.3) is 0 Å². The summed E-state index contributed by atoms with van der Waals surface area (Å²) in [4.78, 5) is 17.3. The Hall–Kier alpha value is -2.49. The zero-order chi connectivity index (χ0) is 21.8. The second-order valence-electron chi connectivity index (χ2n) is 7.35. The van der Waals surface area contributed by atoms with Crippen LogP contribution in [0.4, 0.5) is 5.13 Å². The molecule has 0 bridgehead atoms. The average molecular weight is 460 g/mol. The summed E-state index contributed by atoms with van der Waals surface area (Å²) in [6.45, 7) is 3.73. The molecule has 3 aromatic rings. The number of nitrogens with one attached hydrogen (secondary N) is 1. The Labute approximate surface area is 186 Å². The summed E-state index contributed by atoms with van der Waals surface area (Å²) in [7, 11) is -3.49. The van der Waals surface area contributed by atoms with Crippen LogP contribution in [0.25, 0.3) is 10.2 Å². The Balaban J connectivity index is 1.40. The van der Waals surface area contributed by atoms with Crippen molar-refractivity contribution < 1.29 is 17.9 Å². The van der Waals surface area contributed by atoms with E-state index in [0.717, 1.165) is 35.2 Å². The fourth-order valence-corrected chi connectivity index (χ4v) is 5.97. The Morgan fingerprint density at radius 2 is 1.87 bits per heavy atom. The van der Waals surface area contributed by atoms with E-state index >= 15 is 0 Å². The molecule has 0 atom stereocenters. The summed E-state index contributed by atoms with van der Waals surface area (Å²) < 4.78 is 33.5. The number of anilines is 1. The molecule has 9 heteroatoms. The minimum absolute atomic E-state index is 0.0797. The third kappa shape index (κ3) is 4.89. The van der Waals surface area contributed by atoms with Gasteiger partial charge in [-0.15, -0.1) is 0 Å². The number of piperidine rings is 1. The standard InChI is InChI=1S/C22H25N3O4S2/c1-2-29-17-8-11-19-21(14-17)30-22(24-19)23-15-20(26)16-6-9-18(10-7-16)31(27,28)25-12-4-3-5-13-25/h6-11,14H,2-5,12-13,15H2,1H3,(H,23,24). The molecule has 164 valence electrons. The number of carbonyl (C=O) groups excluding carboxylic acids is 1. The fraction of sp³-hybridized carbons (Fsp3) is 0.364. The molecule has 1 fully saturated rings. The number of thiazole rings is 1. The Morgan fingerprint density at radius 1 is 1.13 bits per heavy atom. The van der Waals surface area contributed by atoms with Crippen LogP contribution >= 0.6 is 11.3 Å². The van der Waals surface area contributed by atoms with Gasteiger partial charge in [0.1, 0.15) is 5.75 Å². The van der Waals surface area contributed by atoms with Gasteiger partial charge in [-0.2, -0.15) is 4.31 Å². The van der Waals surface area contributed by atoms with E-state index in [0.29, 0.717) is 30.4 Å². The number of hydrogen-bond acceptors (Lipinski definition) is 7. The molecule has 1 aromatic heterocycles. The molecule has 2 heterocycles. The molecule has 31 heavy (non-hydrogen) atoms. The molecule has 0 saturated carbocycles. The topological polar surface area (TPSA) is 88.6 Å². The normalized spacial score (nSPS) is 15.1. The summed E-state index contributed by atoms with van der Waals surface area (Å²) in [6.07, 6.45) is 2.84. The van der Waals surface area contributed by atoms with E-state index in [2.05, 4.69) is 10.3 Å². The molecule has 0 amide bonds. The quantitative estimate of drug-likeness (QED) is 0.509. The maximum atomic E-state index is 12.7. The number of carbonyl (C=O) groups is 1. The Bertz CT molecular complexity index is 1170. The monoisotopic (exact) mass is 459 g/mol. The summed E-state index contributed by atoms with van der Waals surface area (Å²) in [5.41, 5.74) is 1.31. The molecule has 2 aromatic carbocycles. The molecular weight excluding hydrogens is 434 g/mol. The maximum absolute atomic E-state index is 12.7. The first kappa shape index (κ1) is 21.7. The molecule has 1 N–H and O–H groups in total. The average Bonchev–Trinajstić information content (AvgIpc) is 3.20. The second-order valence-corrected chi connectivity index (χ2v) is 10.3. The van der Waals surface area contributed by atoms with Gasteiger partial charge in [-0.1, -0.05) is 17.8 Å². The van der Waals surface area contributed by atoms with E-state index in [1.165, 1.54) is 27.8 Å². The van der Waals surface area contributed by atoms with Crippen LogP contribution in [0.3, 0.4) is 0 Å². The van der Waals surface area contributed by atoms with E-state index in [-0.39, 0.29) is 17.2 Å². The number of sulfonamides is 1. The molecule has 0 radical (unpaired) electrons. The SMILES string of the molecule is CCOc1ccc2nc(NCC(=O)c3ccc(S(=O)(=O)N4CCCCC4)cc3)sc2c1. The van der Waals surface area contributed by atoms with E-state index in [1.54, 1.807) is 12.1 Å². The first-order chi connectivity index (χ1) is 15.0. The van der Waals surface area contributed by atoms with Gasteiger partial charge in [0.05, 0.1) is 28.3 Å². The first-order valence-electron chi connectivity index (χ1n) is 10.4. The number of fused-ring (bicyclic) bond motifs is 1. The minimum Gasteiger partial charge on any atom is -0.494 e. The highest BCUT2D eigenvalue weighted by molar-refractivity contribution is 7.89. The van der Waals surface area contributed by atoms with Crippen LogP contribution in [-0.2, 0) is 10.0 Å². The van der Waals surface area contributed by atoms with Crippen molar-refractivity contribution in [2.75, 3.05) is 31.6 Å². The lowest BCUT2D eigenvalue weighted by atomic mass is 10.1. The molecule has 4 rings (SSSR count). The molecule has 1 aliphatic rings. The van der Waals surface area contributed by atoms with Crippen molar-refractivity contribution in [3.63, 3.8) is 0 Å².